The highest BCUT2D eigenvalue weighted by molar-refractivity contribution is 7.92. The average molecular weight is 347 g/mol. The van der Waals surface area contributed by atoms with Gasteiger partial charge in [0.15, 0.2) is 0 Å². The van der Waals surface area contributed by atoms with Crippen LogP contribution in [0.4, 0.5) is 5.69 Å². The van der Waals surface area contributed by atoms with Gasteiger partial charge in [-0.1, -0.05) is 12.1 Å². The summed E-state index contributed by atoms with van der Waals surface area (Å²) in [7, 11) is -3.75. The first-order chi connectivity index (χ1) is 11.3. The molecule has 0 aliphatic heterocycles. The molecule has 24 heavy (non-hydrogen) atoms. The summed E-state index contributed by atoms with van der Waals surface area (Å²) in [4.78, 5) is 22.0. The molecule has 7 nitrogen and oxygen atoms in total. The van der Waals surface area contributed by atoms with Crippen molar-refractivity contribution < 1.29 is 18.0 Å². The Morgan fingerprint density at radius 2 is 1.58 bits per heavy atom. The molecule has 0 aliphatic rings. The molecule has 2 aromatic carbocycles. The number of nitrogens with two attached hydrogens (primary N) is 1. The summed E-state index contributed by atoms with van der Waals surface area (Å²) < 4.78 is 27.1. The van der Waals surface area contributed by atoms with Crippen molar-refractivity contribution in [1.29, 1.82) is 0 Å². The fourth-order valence-corrected chi connectivity index (χ4v) is 2.99. The first kappa shape index (κ1) is 17.5. The predicted octanol–water partition coefficient (Wildman–Crippen LogP) is 1.22. The predicted molar refractivity (Wildman–Crippen MR) is 89.7 cm³/mol. The lowest BCUT2D eigenvalue weighted by Gasteiger charge is -2.09. The minimum Gasteiger partial charge on any atom is -0.366 e. The Kier molecular flexibility index (Phi) is 5.20. The van der Waals surface area contributed by atoms with Gasteiger partial charge in [-0.2, -0.15) is 0 Å². The molecule has 2 amide bonds. The molecule has 0 atom stereocenters. The van der Waals surface area contributed by atoms with Gasteiger partial charge in [0, 0.05) is 24.7 Å². The van der Waals surface area contributed by atoms with Crippen molar-refractivity contribution in [1.82, 2.24) is 5.32 Å². The van der Waals surface area contributed by atoms with Crippen molar-refractivity contribution in [3.63, 3.8) is 0 Å². The molecular formula is C16H17N3O4S. The first-order valence-electron chi connectivity index (χ1n) is 7.04. The van der Waals surface area contributed by atoms with E-state index in [-0.39, 0.29) is 10.8 Å². The molecule has 0 spiro atoms. The molecule has 2 aromatic rings. The van der Waals surface area contributed by atoms with E-state index >= 15 is 0 Å². The van der Waals surface area contributed by atoms with Gasteiger partial charge in [0.25, 0.3) is 10.0 Å². The number of benzene rings is 2. The minimum atomic E-state index is -3.75. The first-order valence-corrected chi connectivity index (χ1v) is 8.52. The van der Waals surface area contributed by atoms with Gasteiger partial charge in [0.05, 0.1) is 4.90 Å². The van der Waals surface area contributed by atoms with Gasteiger partial charge in [0.2, 0.25) is 11.8 Å². The number of nitrogens with one attached hydrogen (secondary N) is 2. The van der Waals surface area contributed by atoms with Crippen LogP contribution in [0.2, 0.25) is 0 Å². The van der Waals surface area contributed by atoms with Crippen LogP contribution < -0.4 is 15.8 Å². The average Bonchev–Trinajstić information content (AvgIpc) is 2.53. The maximum atomic E-state index is 12.3. The van der Waals surface area contributed by atoms with Gasteiger partial charge in [-0.15, -0.1) is 0 Å². The van der Waals surface area contributed by atoms with E-state index in [1.807, 2.05) is 0 Å². The largest absolute Gasteiger partial charge is 0.366 e. The second-order valence-electron chi connectivity index (χ2n) is 5.10. The summed E-state index contributed by atoms with van der Waals surface area (Å²) in [6.45, 7) is 1.74. The van der Waals surface area contributed by atoms with Crippen molar-refractivity contribution in [2.45, 2.75) is 18.4 Å². The third-order valence-corrected chi connectivity index (χ3v) is 4.59. The summed E-state index contributed by atoms with van der Waals surface area (Å²) in [5.41, 5.74) is 6.54. The molecular weight excluding hydrogens is 330 g/mol. The Morgan fingerprint density at radius 1 is 1.00 bits per heavy atom. The number of primary amides is 1. The maximum absolute atomic E-state index is 12.3. The molecule has 126 valence electrons. The van der Waals surface area contributed by atoms with E-state index in [4.69, 9.17) is 5.73 Å². The van der Waals surface area contributed by atoms with Crippen molar-refractivity contribution in [2.24, 2.45) is 5.73 Å². The van der Waals surface area contributed by atoms with Crippen molar-refractivity contribution >= 4 is 27.5 Å². The third kappa shape index (κ3) is 4.56. The van der Waals surface area contributed by atoms with Crippen molar-refractivity contribution in [3.05, 3.63) is 59.7 Å². The fraction of sp³-hybridized carbons (Fsp3) is 0.125. The summed E-state index contributed by atoms with van der Waals surface area (Å²) in [6.07, 6.45) is 0. The molecule has 0 saturated heterocycles. The molecule has 0 heterocycles. The van der Waals surface area contributed by atoms with Gasteiger partial charge in [0.1, 0.15) is 0 Å². The Labute approximate surface area is 139 Å². The minimum absolute atomic E-state index is 0.0908. The summed E-state index contributed by atoms with van der Waals surface area (Å²) in [6, 6.07) is 12.0. The smallest absolute Gasteiger partial charge is 0.261 e. The molecule has 0 saturated carbocycles. The molecule has 0 fully saturated rings. The van der Waals surface area contributed by atoms with E-state index in [1.54, 1.807) is 12.1 Å². The SMILES string of the molecule is CC(=O)NCc1ccc(S(=O)(=O)Nc2ccc(C(N)=O)cc2)cc1. The normalized spacial score (nSPS) is 10.9. The highest BCUT2D eigenvalue weighted by Crippen LogP contribution is 2.17. The van der Waals surface area contributed by atoms with Gasteiger partial charge < -0.3 is 11.1 Å². The Morgan fingerprint density at radius 3 is 2.08 bits per heavy atom. The molecule has 0 bridgehead atoms. The third-order valence-electron chi connectivity index (χ3n) is 3.20. The standard InChI is InChI=1S/C16H17N3O4S/c1-11(20)18-10-12-2-8-15(9-3-12)24(22,23)19-14-6-4-13(5-7-14)16(17)21/h2-9,19H,10H2,1H3,(H2,17,21)(H,18,20). The van der Waals surface area contributed by atoms with E-state index in [2.05, 4.69) is 10.0 Å². The molecule has 0 aliphatic carbocycles. The summed E-state index contributed by atoms with van der Waals surface area (Å²) in [5, 5.41) is 2.63. The second kappa shape index (κ2) is 7.14. The van der Waals surface area contributed by atoms with Gasteiger partial charge in [-0.3, -0.25) is 14.3 Å². The highest BCUT2D eigenvalue weighted by atomic mass is 32.2. The number of sulfonamides is 1. The Hall–Kier alpha value is -2.87. The van der Waals surface area contributed by atoms with Crippen LogP contribution in [-0.2, 0) is 21.4 Å². The second-order valence-corrected chi connectivity index (χ2v) is 6.78. The molecule has 2 rings (SSSR count). The zero-order valence-electron chi connectivity index (χ0n) is 12.9. The van der Waals surface area contributed by atoms with Crippen LogP contribution in [0.5, 0.6) is 0 Å². The molecule has 4 N–H and O–H groups in total. The van der Waals surface area contributed by atoms with Crippen molar-refractivity contribution in [2.75, 3.05) is 4.72 Å². The van der Waals surface area contributed by atoms with Crippen LogP contribution in [0.1, 0.15) is 22.8 Å². The van der Waals surface area contributed by atoms with Gasteiger partial charge in [-0.05, 0) is 42.0 Å². The number of anilines is 1. The van der Waals surface area contributed by atoms with E-state index in [0.717, 1.165) is 5.56 Å². The number of carbonyl (C=O) groups excluding carboxylic acids is 2. The van der Waals surface area contributed by atoms with Crippen LogP contribution >= 0.6 is 0 Å². The number of rotatable bonds is 6. The lowest BCUT2D eigenvalue weighted by molar-refractivity contribution is -0.119. The summed E-state index contributed by atoms with van der Waals surface area (Å²) >= 11 is 0. The quantitative estimate of drug-likeness (QED) is 0.728. The van der Waals surface area contributed by atoms with Crippen LogP contribution in [0.15, 0.2) is 53.4 Å². The van der Waals surface area contributed by atoms with E-state index in [1.165, 1.54) is 43.3 Å². The highest BCUT2D eigenvalue weighted by Gasteiger charge is 2.14. The lowest BCUT2D eigenvalue weighted by Crippen LogP contribution is -2.19. The molecule has 0 aromatic heterocycles. The Balaban J connectivity index is 2.12. The lowest BCUT2D eigenvalue weighted by atomic mass is 10.2. The van der Waals surface area contributed by atoms with Gasteiger partial charge in [-0.25, -0.2) is 8.42 Å². The monoisotopic (exact) mass is 347 g/mol. The topological polar surface area (TPSA) is 118 Å². The number of carbonyl (C=O) groups is 2. The zero-order valence-corrected chi connectivity index (χ0v) is 13.8. The number of amides is 2. The summed E-state index contributed by atoms with van der Waals surface area (Å²) in [5.74, 6) is -0.744. The number of hydrogen-bond acceptors (Lipinski definition) is 4. The molecule has 0 unspecified atom stereocenters. The fourth-order valence-electron chi connectivity index (χ4n) is 1.93. The maximum Gasteiger partial charge on any atom is 0.261 e. The van der Waals surface area contributed by atoms with Crippen molar-refractivity contribution in [3.8, 4) is 0 Å². The van der Waals surface area contributed by atoms with E-state index in [0.29, 0.717) is 17.8 Å². The van der Waals surface area contributed by atoms with E-state index in [9.17, 15) is 18.0 Å². The van der Waals surface area contributed by atoms with Crippen LogP contribution in [0, 0.1) is 0 Å². The van der Waals surface area contributed by atoms with Crippen LogP contribution in [0.3, 0.4) is 0 Å². The number of hydrogen-bond donors (Lipinski definition) is 3. The van der Waals surface area contributed by atoms with Gasteiger partial charge >= 0.3 is 0 Å². The molecule has 8 heteroatoms. The van der Waals surface area contributed by atoms with Crippen LogP contribution in [0.25, 0.3) is 0 Å². The van der Waals surface area contributed by atoms with E-state index < -0.39 is 15.9 Å². The Bertz CT molecular complexity index is 844. The van der Waals surface area contributed by atoms with Crippen LogP contribution in [-0.4, -0.2) is 20.2 Å². The molecule has 0 radical (unpaired) electrons. The zero-order chi connectivity index (χ0) is 17.7.